The first-order valence-corrected chi connectivity index (χ1v) is 8.39. The van der Waals surface area contributed by atoms with E-state index >= 15 is 0 Å². The molecule has 1 fully saturated rings. The second kappa shape index (κ2) is 10.9. The fourth-order valence-corrected chi connectivity index (χ4v) is 2.80. The van der Waals surface area contributed by atoms with Gasteiger partial charge in [-0.1, -0.05) is 30.2 Å². The van der Waals surface area contributed by atoms with Crippen LogP contribution < -0.4 is 16.0 Å². The number of halogens is 2. The lowest BCUT2D eigenvalue weighted by Gasteiger charge is -2.26. The minimum Gasteiger partial charge on any atom is -0.351 e. The quantitative estimate of drug-likeness (QED) is 0.679. The maximum atomic E-state index is 12.5. The molecule has 2 heterocycles. The van der Waals surface area contributed by atoms with E-state index in [1.807, 2.05) is 37.3 Å². The van der Waals surface area contributed by atoms with Crippen molar-refractivity contribution in [2.24, 2.45) is 0 Å². The van der Waals surface area contributed by atoms with Gasteiger partial charge >= 0.3 is 0 Å². The van der Waals surface area contributed by atoms with Gasteiger partial charge in [-0.25, -0.2) is 0 Å². The molecule has 0 bridgehead atoms. The highest BCUT2D eigenvalue weighted by molar-refractivity contribution is 5.85. The van der Waals surface area contributed by atoms with Crippen molar-refractivity contribution in [1.29, 1.82) is 0 Å². The molecule has 8 nitrogen and oxygen atoms in total. The number of amides is 1. The molecule has 1 aliphatic rings. The molecule has 0 spiro atoms. The van der Waals surface area contributed by atoms with Gasteiger partial charge < -0.3 is 16.0 Å². The number of rotatable bonds is 6. The van der Waals surface area contributed by atoms with E-state index in [0.717, 1.165) is 31.6 Å². The van der Waals surface area contributed by atoms with Crippen LogP contribution in [0.3, 0.4) is 0 Å². The Balaban J connectivity index is 0.00000169. The molecule has 1 unspecified atom stereocenters. The monoisotopic (exact) mass is 401 g/mol. The van der Waals surface area contributed by atoms with Crippen LogP contribution in [-0.4, -0.2) is 51.3 Å². The minimum atomic E-state index is -0.367. The lowest BCUT2D eigenvalue weighted by molar-refractivity contribution is -0.122. The van der Waals surface area contributed by atoms with Crippen molar-refractivity contribution in [2.75, 3.05) is 18.4 Å². The van der Waals surface area contributed by atoms with Crippen LogP contribution >= 0.6 is 24.8 Å². The van der Waals surface area contributed by atoms with Crippen molar-refractivity contribution in [1.82, 2.24) is 30.8 Å². The molecule has 144 valence electrons. The van der Waals surface area contributed by atoms with E-state index in [1.54, 1.807) is 4.68 Å². The van der Waals surface area contributed by atoms with Gasteiger partial charge in [0.05, 0.1) is 5.69 Å². The number of piperidine rings is 1. The standard InChI is InChI=1S/C16H23N7O.2ClH/c1-2-14(15(24)18-12-8-10-17-11-9-12)19-16-20-21-22-23(16)13-6-4-3-5-7-13;;/h3-7,12,14,17H,2,8-11H2,1H3,(H,18,24)(H,19,20,22);2*1H. The third-order valence-electron chi connectivity index (χ3n) is 4.18. The number of hydrogen-bond acceptors (Lipinski definition) is 6. The van der Waals surface area contributed by atoms with Crippen molar-refractivity contribution in [3.05, 3.63) is 30.3 Å². The number of carbonyl (C=O) groups excluding carboxylic acids is 1. The van der Waals surface area contributed by atoms with Gasteiger partial charge in [0.25, 0.3) is 0 Å². The van der Waals surface area contributed by atoms with E-state index in [1.165, 1.54) is 0 Å². The molecule has 1 saturated heterocycles. The molecule has 0 aliphatic carbocycles. The van der Waals surface area contributed by atoms with Crippen LogP contribution in [0, 0.1) is 0 Å². The zero-order valence-electron chi connectivity index (χ0n) is 14.6. The maximum Gasteiger partial charge on any atom is 0.248 e. The van der Waals surface area contributed by atoms with Gasteiger partial charge in [0, 0.05) is 6.04 Å². The first-order chi connectivity index (χ1) is 11.8. The highest BCUT2D eigenvalue weighted by atomic mass is 35.5. The maximum absolute atomic E-state index is 12.5. The molecule has 1 aromatic heterocycles. The summed E-state index contributed by atoms with van der Waals surface area (Å²) in [4.78, 5) is 12.5. The summed E-state index contributed by atoms with van der Waals surface area (Å²) in [5.74, 6) is 0.459. The van der Waals surface area contributed by atoms with Crippen LogP contribution in [-0.2, 0) is 4.79 Å². The molecule has 3 rings (SSSR count). The second-order valence-electron chi connectivity index (χ2n) is 5.89. The zero-order chi connectivity index (χ0) is 16.8. The number of nitrogens with zero attached hydrogens (tertiary/aromatic N) is 4. The lowest BCUT2D eigenvalue weighted by Crippen LogP contribution is -2.48. The zero-order valence-corrected chi connectivity index (χ0v) is 16.2. The molecule has 0 saturated carbocycles. The van der Waals surface area contributed by atoms with Crippen molar-refractivity contribution >= 4 is 36.7 Å². The van der Waals surface area contributed by atoms with Crippen LogP contribution in [0.5, 0.6) is 0 Å². The van der Waals surface area contributed by atoms with Gasteiger partial charge in [-0.15, -0.1) is 24.8 Å². The van der Waals surface area contributed by atoms with E-state index < -0.39 is 0 Å². The van der Waals surface area contributed by atoms with E-state index in [9.17, 15) is 4.79 Å². The molecule has 26 heavy (non-hydrogen) atoms. The number of hydrogen-bond donors (Lipinski definition) is 3. The smallest absolute Gasteiger partial charge is 0.248 e. The van der Waals surface area contributed by atoms with Crippen LogP contribution in [0.2, 0.25) is 0 Å². The van der Waals surface area contributed by atoms with Crippen LogP contribution in [0.25, 0.3) is 5.69 Å². The highest BCUT2D eigenvalue weighted by Crippen LogP contribution is 2.13. The van der Waals surface area contributed by atoms with Crippen LogP contribution in [0.15, 0.2) is 30.3 Å². The molecule has 2 aromatic rings. The summed E-state index contributed by atoms with van der Waals surface area (Å²) in [7, 11) is 0. The fourth-order valence-electron chi connectivity index (χ4n) is 2.80. The molecule has 10 heteroatoms. The molecule has 1 amide bonds. The number of benzene rings is 1. The summed E-state index contributed by atoms with van der Waals surface area (Å²) >= 11 is 0. The van der Waals surface area contributed by atoms with E-state index in [2.05, 4.69) is 31.5 Å². The normalized spacial score (nSPS) is 15.3. The molecule has 1 aromatic carbocycles. The molecule has 0 radical (unpaired) electrons. The largest absolute Gasteiger partial charge is 0.351 e. The SMILES string of the molecule is CCC(Nc1nnnn1-c1ccccc1)C(=O)NC1CCNCC1.Cl.Cl. The molecular formula is C16H25Cl2N7O. The Labute approximate surface area is 165 Å². The van der Waals surface area contributed by atoms with Gasteiger partial charge in [0.15, 0.2) is 0 Å². The Morgan fingerprint density at radius 3 is 2.62 bits per heavy atom. The average Bonchev–Trinajstić information content (AvgIpc) is 3.09. The van der Waals surface area contributed by atoms with Crippen molar-refractivity contribution in [3.63, 3.8) is 0 Å². The number of carbonyl (C=O) groups is 1. The van der Waals surface area contributed by atoms with Gasteiger partial charge in [-0.05, 0) is 54.9 Å². The highest BCUT2D eigenvalue weighted by Gasteiger charge is 2.23. The number of aromatic nitrogens is 4. The Hall–Kier alpha value is -1.90. The lowest BCUT2D eigenvalue weighted by atomic mass is 10.1. The summed E-state index contributed by atoms with van der Waals surface area (Å²) in [6.45, 7) is 3.86. The molecular weight excluding hydrogens is 377 g/mol. The van der Waals surface area contributed by atoms with Crippen LogP contribution in [0.1, 0.15) is 26.2 Å². The van der Waals surface area contributed by atoms with Crippen molar-refractivity contribution in [3.8, 4) is 5.69 Å². The van der Waals surface area contributed by atoms with Gasteiger partial charge in [0.2, 0.25) is 11.9 Å². The van der Waals surface area contributed by atoms with E-state index in [4.69, 9.17) is 0 Å². The Kier molecular flexibility index (Phi) is 9.32. The third kappa shape index (κ3) is 5.55. The average molecular weight is 402 g/mol. The first kappa shape index (κ1) is 22.1. The predicted octanol–water partition coefficient (Wildman–Crippen LogP) is 1.56. The number of tetrazole rings is 1. The summed E-state index contributed by atoms with van der Waals surface area (Å²) in [5.41, 5.74) is 0.846. The number of para-hydroxylation sites is 1. The Morgan fingerprint density at radius 1 is 1.27 bits per heavy atom. The van der Waals surface area contributed by atoms with E-state index in [-0.39, 0.29) is 42.8 Å². The van der Waals surface area contributed by atoms with Crippen LogP contribution in [0.4, 0.5) is 5.95 Å². The van der Waals surface area contributed by atoms with E-state index in [0.29, 0.717) is 12.4 Å². The summed E-state index contributed by atoms with van der Waals surface area (Å²) < 4.78 is 1.60. The van der Waals surface area contributed by atoms with Crippen molar-refractivity contribution in [2.45, 2.75) is 38.3 Å². The summed E-state index contributed by atoms with van der Waals surface area (Å²) in [6.07, 6.45) is 2.58. The Bertz CT molecular complexity index is 662. The second-order valence-corrected chi connectivity index (χ2v) is 5.89. The molecule has 3 N–H and O–H groups in total. The van der Waals surface area contributed by atoms with Gasteiger partial charge in [-0.2, -0.15) is 4.68 Å². The number of anilines is 1. The molecule has 1 atom stereocenters. The third-order valence-corrected chi connectivity index (χ3v) is 4.18. The predicted molar refractivity (Wildman–Crippen MR) is 105 cm³/mol. The number of nitrogens with one attached hydrogen (secondary N) is 3. The topological polar surface area (TPSA) is 96.8 Å². The summed E-state index contributed by atoms with van der Waals surface area (Å²) in [6, 6.07) is 9.47. The Morgan fingerprint density at radius 2 is 1.96 bits per heavy atom. The fraction of sp³-hybridized carbons (Fsp3) is 0.500. The first-order valence-electron chi connectivity index (χ1n) is 8.39. The van der Waals surface area contributed by atoms with Gasteiger partial charge in [0.1, 0.15) is 6.04 Å². The van der Waals surface area contributed by atoms with Crippen molar-refractivity contribution < 1.29 is 4.79 Å². The summed E-state index contributed by atoms with van der Waals surface area (Å²) in [5, 5.41) is 21.3. The minimum absolute atomic E-state index is 0. The van der Waals surface area contributed by atoms with Gasteiger partial charge in [-0.3, -0.25) is 4.79 Å². The molecule has 1 aliphatic heterocycles.